The number of nitrogens with one attached hydrogen (secondary N) is 1. The van der Waals surface area contributed by atoms with Crippen molar-refractivity contribution in [1.82, 2.24) is 14.8 Å². The number of fused-ring (bicyclic) bond motifs is 1. The summed E-state index contributed by atoms with van der Waals surface area (Å²) in [6.07, 6.45) is 2.36. The standard InChI is InChI=1S/C18H29ClN4O3Si/c1-27(2,3)8-7-26-11-23-17-13(14(25)10-24)9-15(19)21-16(17)18(22-23)20-12-5-4-6-12/h9,12,14,24-25H,4-8,10-11H2,1-3H3,(H,20,22). The Bertz CT molecular complexity index is 789. The van der Waals surface area contributed by atoms with E-state index >= 15 is 0 Å². The third-order valence-electron chi connectivity index (χ3n) is 4.88. The van der Waals surface area contributed by atoms with Crippen LogP contribution in [0.5, 0.6) is 0 Å². The van der Waals surface area contributed by atoms with Crippen LogP contribution in [-0.2, 0) is 11.5 Å². The van der Waals surface area contributed by atoms with Crippen molar-refractivity contribution in [2.45, 2.75) is 63.8 Å². The van der Waals surface area contributed by atoms with Gasteiger partial charge in [-0.3, -0.25) is 0 Å². The molecule has 2 aromatic rings. The molecule has 1 atom stereocenters. The lowest BCUT2D eigenvalue weighted by atomic mass is 9.93. The number of anilines is 1. The van der Waals surface area contributed by atoms with Crippen molar-refractivity contribution in [1.29, 1.82) is 0 Å². The van der Waals surface area contributed by atoms with Gasteiger partial charge in [-0.05, 0) is 31.4 Å². The normalized spacial score (nSPS) is 16.5. The molecular formula is C18H29ClN4O3Si. The van der Waals surface area contributed by atoms with Crippen molar-refractivity contribution in [3.63, 3.8) is 0 Å². The SMILES string of the molecule is C[Si](C)(C)CCOCn1nc(NC2CCC2)c2nc(Cl)cc(C(O)CO)c21. The van der Waals surface area contributed by atoms with Crippen LogP contribution in [0.1, 0.15) is 30.9 Å². The van der Waals surface area contributed by atoms with Gasteiger partial charge in [-0.1, -0.05) is 31.2 Å². The number of pyridine rings is 1. The maximum atomic E-state index is 10.3. The van der Waals surface area contributed by atoms with Crippen molar-refractivity contribution in [2.24, 2.45) is 0 Å². The van der Waals surface area contributed by atoms with E-state index in [0.717, 1.165) is 18.9 Å². The predicted molar refractivity (Wildman–Crippen MR) is 110 cm³/mol. The number of aliphatic hydroxyl groups is 2. The van der Waals surface area contributed by atoms with Crippen LogP contribution in [0.3, 0.4) is 0 Å². The van der Waals surface area contributed by atoms with Gasteiger partial charge in [-0.25, -0.2) is 9.67 Å². The fraction of sp³-hybridized carbons (Fsp3) is 0.667. The minimum absolute atomic E-state index is 0.265. The molecule has 150 valence electrons. The molecule has 0 bridgehead atoms. The molecule has 2 aromatic heterocycles. The number of aromatic nitrogens is 3. The molecule has 1 unspecified atom stereocenters. The van der Waals surface area contributed by atoms with Gasteiger partial charge in [0, 0.05) is 26.3 Å². The summed E-state index contributed by atoms with van der Waals surface area (Å²) in [7, 11) is -1.17. The highest BCUT2D eigenvalue weighted by Gasteiger charge is 2.24. The molecular weight excluding hydrogens is 384 g/mol. The van der Waals surface area contributed by atoms with Crippen molar-refractivity contribution >= 4 is 36.5 Å². The van der Waals surface area contributed by atoms with E-state index in [9.17, 15) is 10.2 Å². The van der Waals surface area contributed by atoms with Crippen LogP contribution >= 0.6 is 11.6 Å². The Hall–Kier alpha value is -1.19. The lowest BCUT2D eigenvalue weighted by Crippen LogP contribution is -2.27. The van der Waals surface area contributed by atoms with Gasteiger partial charge < -0.3 is 20.3 Å². The van der Waals surface area contributed by atoms with E-state index < -0.39 is 20.8 Å². The van der Waals surface area contributed by atoms with Gasteiger partial charge in [-0.15, -0.1) is 0 Å². The number of hydrogen-bond acceptors (Lipinski definition) is 6. The first kappa shape index (κ1) is 20.5. The smallest absolute Gasteiger partial charge is 0.175 e. The average molecular weight is 413 g/mol. The number of aliphatic hydroxyl groups excluding tert-OH is 2. The topological polar surface area (TPSA) is 92.4 Å². The third kappa shape index (κ3) is 5.00. The van der Waals surface area contributed by atoms with Gasteiger partial charge in [-0.2, -0.15) is 5.10 Å². The molecule has 0 aromatic carbocycles. The van der Waals surface area contributed by atoms with E-state index in [1.807, 2.05) is 0 Å². The molecule has 1 fully saturated rings. The fourth-order valence-electron chi connectivity index (χ4n) is 3.00. The highest BCUT2D eigenvalue weighted by atomic mass is 35.5. The summed E-state index contributed by atoms with van der Waals surface area (Å²) in [6, 6.07) is 3.03. The first-order valence-corrected chi connectivity index (χ1v) is 13.6. The van der Waals surface area contributed by atoms with Crippen LogP contribution < -0.4 is 5.32 Å². The molecule has 0 aliphatic heterocycles. The molecule has 1 saturated carbocycles. The van der Waals surface area contributed by atoms with Crippen molar-refractivity contribution in [3.05, 3.63) is 16.8 Å². The lowest BCUT2D eigenvalue weighted by Gasteiger charge is -2.26. The molecule has 0 saturated heterocycles. The van der Waals surface area contributed by atoms with Crippen molar-refractivity contribution in [3.8, 4) is 0 Å². The Labute approximate surface area is 165 Å². The van der Waals surface area contributed by atoms with E-state index in [1.165, 1.54) is 6.42 Å². The summed E-state index contributed by atoms with van der Waals surface area (Å²) in [5.74, 6) is 0.650. The first-order valence-electron chi connectivity index (χ1n) is 9.48. The van der Waals surface area contributed by atoms with Crippen LogP contribution in [-0.4, -0.2) is 52.3 Å². The number of rotatable bonds is 9. The maximum Gasteiger partial charge on any atom is 0.175 e. The molecule has 7 nitrogen and oxygen atoms in total. The molecule has 0 spiro atoms. The largest absolute Gasteiger partial charge is 0.393 e. The van der Waals surface area contributed by atoms with Crippen LogP contribution in [0, 0.1) is 0 Å². The van der Waals surface area contributed by atoms with E-state index in [-0.39, 0.29) is 11.9 Å². The Morgan fingerprint density at radius 2 is 2.15 bits per heavy atom. The summed E-state index contributed by atoms with van der Waals surface area (Å²) < 4.78 is 7.57. The lowest BCUT2D eigenvalue weighted by molar-refractivity contribution is 0.0794. The second kappa shape index (κ2) is 8.44. The highest BCUT2D eigenvalue weighted by Crippen LogP contribution is 2.32. The summed E-state index contributed by atoms with van der Waals surface area (Å²) in [4.78, 5) is 4.43. The Balaban J connectivity index is 1.92. The molecule has 3 rings (SSSR count). The minimum atomic E-state index is -1.17. The highest BCUT2D eigenvalue weighted by molar-refractivity contribution is 6.76. The number of hydrogen-bond donors (Lipinski definition) is 3. The Kier molecular flexibility index (Phi) is 6.42. The van der Waals surface area contributed by atoms with E-state index in [4.69, 9.17) is 16.3 Å². The fourth-order valence-corrected chi connectivity index (χ4v) is 3.96. The van der Waals surface area contributed by atoms with Crippen molar-refractivity contribution < 1.29 is 14.9 Å². The summed E-state index contributed by atoms with van der Waals surface area (Å²) in [6.45, 7) is 7.46. The summed E-state index contributed by atoms with van der Waals surface area (Å²) in [5, 5.41) is 28.0. The third-order valence-corrected chi connectivity index (χ3v) is 6.78. The second-order valence-corrected chi connectivity index (χ2v) is 14.4. The van der Waals surface area contributed by atoms with Gasteiger partial charge in [0.2, 0.25) is 0 Å². The van der Waals surface area contributed by atoms with Crippen LogP contribution in [0.25, 0.3) is 11.0 Å². The molecule has 0 radical (unpaired) electrons. The molecule has 2 heterocycles. The number of ether oxygens (including phenoxy) is 1. The van der Waals surface area contributed by atoms with Gasteiger partial charge in [0.1, 0.15) is 23.5 Å². The van der Waals surface area contributed by atoms with E-state index in [1.54, 1.807) is 10.7 Å². The molecule has 0 amide bonds. The average Bonchev–Trinajstić information content (AvgIpc) is 2.90. The quantitative estimate of drug-likeness (QED) is 0.332. The predicted octanol–water partition coefficient (Wildman–Crippen LogP) is 3.39. The molecule has 3 N–H and O–H groups in total. The molecule has 1 aliphatic rings. The van der Waals surface area contributed by atoms with Gasteiger partial charge in [0.15, 0.2) is 5.82 Å². The maximum absolute atomic E-state index is 10.3. The zero-order valence-electron chi connectivity index (χ0n) is 16.2. The number of halogens is 1. The Morgan fingerprint density at radius 3 is 2.74 bits per heavy atom. The second-order valence-electron chi connectivity index (χ2n) is 8.40. The van der Waals surface area contributed by atoms with E-state index in [0.29, 0.717) is 35.1 Å². The van der Waals surface area contributed by atoms with Crippen molar-refractivity contribution in [2.75, 3.05) is 18.5 Å². The minimum Gasteiger partial charge on any atom is -0.393 e. The van der Waals surface area contributed by atoms with Crippen LogP contribution in [0.15, 0.2) is 6.07 Å². The molecule has 9 heteroatoms. The van der Waals surface area contributed by atoms with E-state index in [2.05, 4.69) is 35.0 Å². The molecule has 27 heavy (non-hydrogen) atoms. The summed E-state index contributed by atoms with van der Waals surface area (Å²) in [5.41, 5.74) is 1.76. The molecule has 1 aliphatic carbocycles. The summed E-state index contributed by atoms with van der Waals surface area (Å²) >= 11 is 6.17. The monoisotopic (exact) mass is 412 g/mol. The van der Waals surface area contributed by atoms with Gasteiger partial charge >= 0.3 is 0 Å². The zero-order valence-corrected chi connectivity index (χ0v) is 18.0. The number of nitrogens with zero attached hydrogens (tertiary/aromatic N) is 3. The first-order chi connectivity index (χ1) is 12.8. The van der Waals surface area contributed by atoms with Crippen LogP contribution in [0.2, 0.25) is 30.8 Å². The Morgan fingerprint density at radius 1 is 1.41 bits per heavy atom. The van der Waals surface area contributed by atoms with Crippen LogP contribution in [0.4, 0.5) is 5.82 Å². The van der Waals surface area contributed by atoms with Gasteiger partial charge in [0.05, 0.1) is 12.1 Å². The zero-order chi connectivity index (χ0) is 19.6. The van der Waals surface area contributed by atoms with Gasteiger partial charge in [0.25, 0.3) is 0 Å².